The van der Waals surface area contributed by atoms with Crippen molar-refractivity contribution >= 4 is 11.8 Å². The summed E-state index contributed by atoms with van der Waals surface area (Å²) in [5, 5.41) is 6.33. The van der Waals surface area contributed by atoms with Gasteiger partial charge in [0.1, 0.15) is 0 Å². The predicted octanol–water partition coefficient (Wildman–Crippen LogP) is 2.37. The van der Waals surface area contributed by atoms with Crippen molar-refractivity contribution in [3.63, 3.8) is 0 Å². The minimum Gasteiger partial charge on any atom is -0.345 e. The number of nitrogens with zero attached hydrogens (tertiary/aromatic N) is 1. The molecule has 0 spiro atoms. The molecule has 1 heterocycles. The molecule has 2 aromatic carbocycles. The van der Waals surface area contributed by atoms with Crippen LogP contribution in [0.4, 0.5) is 0 Å². The number of benzene rings is 2. The van der Waals surface area contributed by atoms with Crippen LogP contribution < -0.4 is 10.6 Å². The number of carbonyl (C=O) groups excluding carboxylic acids is 2. The molecule has 2 amide bonds. The van der Waals surface area contributed by atoms with Crippen LogP contribution in [0.15, 0.2) is 60.7 Å². The largest absolute Gasteiger partial charge is 0.345 e. The highest BCUT2D eigenvalue weighted by molar-refractivity contribution is 5.94. The first kappa shape index (κ1) is 18.1. The van der Waals surface area contributed by atoms with Crippen molar-refractivity contribution in [2.75, 3.05) is 19.6 Å². The maximum atomic E-state index is 12.9. The second-order valence-electron chi connectivity index (χ2n) is 6.65. The second-order valence-corrected chi connectivity index (χ2v) is 6.65. The molecular formula is C21H25N3O2. The molecule has 0 radical (unpaired) electrons. The summed E-state index contributed by atoms with van der Waals surface area (Å²) in [7, 11) is 0. The van der Waals surface area contributed by atoms with Crippen LogP contribution in [0.25, 0.3) is 0 Å². The topological polar surface area (TPSA) is 61.4 Å². The molecule has 5 nitrogen and oxygen atoms in total. The van der Waals surface area contributed by atoms with Crippen molar-refractivity contribution in [1.82, 2.24) is 15.5 Å². The third kappa shape index (κ3) is 4.49. The highest BCUT2D eigenvalue weighted by Crippen LogP contribution is 2.20. The van der Waals surface area contributed by atoms with Crippen LogP contribution in [0.3, 0.4) is 0 Å². The molecule has 0 aliphatic carbocycles. The molecule has 3 rings (SSSR count). The van der Waals surface area contributed by atoms with Crippen LogP contribution >= 0.6 is 0 Å². The molecule has 0 aromatic heterocycles. The van der Waals surface area contributed by atoms with E-state index in [1.165, 1.54) is 0 Å². The van der Waals surface area contributed by atoms with Crippen LogP contribution in [0.5, 0.6) is 0 Å². The van der Waals surface area contributed by atoms with Gasteiger partial charge in [-0.2, -0.15) is 0 Å². The number of rotatable bonds is 5. The summed E-state index contributed by atoms with van der Waals surface area (Å²) >= 11 is 0. The Balaban J connectivity index is 1.75. The quantitative estimate of drug-likeness (QED) is 0.869. The van der Waals surface area contributed by atoms with Gasteiger partial charge in [0.15, 0.2) is 0 Å². The molecule has 1 fully saturated rings. The van der Waals surface area contributed by atoms with Gasteiger partial charge in [-0.1, -0.05) is 48.5 Å². The van der Waals surface area contributed by atoms with Gasteiger partial charge in [0, 0.05) is 31.2 Å². The molecule has 2 aromatic rings. The van der Waals surface area contributed by atoms with Crippen LogP contribution in [0.2, 0.25) is 0 Å². The Hall–Kier alpha value is -2.66. The molecule has 136 valence electrons. The van der Waals surface area contributed by atoms with Gasteiger partial charge in [-0.05, 0) is 24.6 Å². The Bertz CT molecular complexity index is 733. The van der Waals surface area contributed by atoms with Crippen molar-refractivity contribution in [1.29, 1.82) is 0 Å². The lowest BCUT2D eigenvalue weighted by Crippen LogP contribution is -2.52. The van der Waals surface area contributed by atoms with E-state index in [0.29, 0.717) is 12.1 Å². The molecule has 1 saturated heterocycles. The van der Waals surface area contributed by atoms with E-state index in [1.807, 2.05) is 60.4 Å². The Morgan fingerprint density at radius 1 is 1.12 bits per heavy atom. The SMILES string of the molecule is C[C@@H]1CNCCN1C(=O)CC(NC(=O)c1ccccc1)c1ccccc1. The summed E-state index contributed by atoms with van der Waals surface area (Å²) in [5.41, 5.74) is 1.53. The van der Waals surface area contributed by atoms with Gasteiger partial charge in [-0.15, -0.1) is 0 Å². The van der Waals surface area contributed by atoms with Gasteiger partial charge in [-0.25, -0.2) is 0 Å². The highest BCUT2D eigenvalue weighted by Gasteiger charge is 2.26. The van der Waals surface area contributed by atoms with E-state index in [4.69, 9.17) is 0 Å². The lowest BCUT2D eigenvalue weighted by molar-refractivity contribution is -0.134. The molecule has 0 saturated carbocycles. The third-order valence-corrected chi connectivity index (χ3v) is 4.74. The molecule has 0 bridgehead atoms. The molecule has 2 N–H and O–H groups in total. The monoisotopic (exact) mass is 351 g/mol. The molecule has 5 heteroatoms. The summed E-state index contributed by atoms with van der Waals surface area (Å²) in [4.78, 5) is 27.4. The van der Waals surface area contributed by atoms with E-state index < -0.39 is 0 Å². The fourth-order valence-corrected chi connectivity index (χ4v) is 3.27. The molecule has 1 unspecified atom stereocenters. The smallest absolute Gasteiger partial charge is 0.251 e. The maximum Gasteiger partial charge on any atom is 0.251 e. The van der Waals surface area contributed by atoms with Gasteiger partial charge < -0.3 is 15.5 Å². The van der Waals surface area contributed by atoms with Gasteiger partial charge in [-0.3, -0.25) is 9.59 Å². The normalized spacial score (nSPS) is 18.2. The Morgan fingerprint density at radius 2 is 1.77 bits per heavy atom. The van der Waals surface area contributed by atoms with Crippen LogP contribution in [-0.2, 0) is 4.79 Å². The Morgan fingerprint density at radius 3 is 2.42 bits per heavy atom. The summed E-state index contributed by atoms with van der Waals surface area (Å²) in [6.07, 6.45) is 0.257. The van der Waals surface area contributed by atoms with Gasteiger partial charge in [0.2, 0.25) is 5.91 Å². The highest BCUT2D eigenvalue weighted by atomic mass is 16.2. The van der Waals surface area contributed by atoms with Crippen molar-refractivity contribution in [2.45, 2.75) is 25.4 Å². The van der Waals surface area contributed by atoms with Crippen molar-refractivity contribution in [3.8, 4) is 0 Å². The zero-order valence-corrected chi connectivity index (χ0v) is 15.0. The van der Waals surface area contributed by atoms with E-state index in [0.717, 1.165) is 18.7 Å². The first-order valence-electron chi connectivity index (χ1n) is 9.06. The van der Waals surface area contributed by atoms with E-state index in [9.17, 15) is 9.59 Å². The number of nitrogens with one attached hydrogen (secondary N) is 2. The van der Waals surface area contributed by atoms with Crippen LogP contribution in [0, 0.1) is 0 Å². The van der Waals surface area contributed by atoms with Crippen molar-refractivity contribution in [3.05, 3.63) is 71.8 Å². The lowest BCUT2D eigenvalue weighted by atomic mass is 10.0. The minimum absolute atomic E-state index is 0.0706. The fraction of sp³-hybridized carbons (Fsp3) is 0.333. The average molecular weight is 351 g/mol. The van der Waals surface area contributed by atoms with Crippen LogP contribution in [0.1, 0.15) is 35.3 Å². The molecule has 1 aliphatic rings. The second kappa shape index (κ2) is 8.63. The molecule has 1 aliphatic heterocycles. The number of piperazine rings is 1. The zero-order valence-electron chi connectivity index (χ0n) is 15.0. The Kier molecular flexibility index (Phi) is 6.02. The number of carbonyl (C=O) groups is 2. The Labute approximate surface area is 154 Å². The number of hydrogen-bond donors (Lipinski definition) is 2. The van der Waals surface area contributed by atoms with Gasteiger partial charge in [0.05, 0.1) is 12.5 Å². The van der Waals surface area contributed by atoms with E-state index >= 15 is 0 Å². The lowest BCUT2D eigenvalue weighted by Gasteiger charge is -2.35. The van der Waals surface area contributed by atoms with Gasteiger partial charge in [0.25, 0.3) is 5.91 Å². The summed E-state index contributed by atoms with van der Waals surface area (Å²) in [5.74, 6) is -0.0955. The average Bonchev–Trinajstić information content (AvgIpc) is 2.69. The van der Waals surface area contributed by atoms with Crippen LogP contribution in [-0.4, -0.2) is 42.4 Å². The molecular weight excluding hydrogens is 326 g/mol. The van der Waals surface area contributed by atoms with E-state index in [1.54, 1.807) is 12.1 Å². The standard InChI is InChI=1S/C21H25N3O2/c1-16-15-22-12-13-24(16)20(25)14-19(17-8-4-2-5-9-17)23-21(26)18-10-6-3-7-11-18/h2-11,16,19,22H,12-15H2,1H3,(H,23,26)/t16-,19?/m1/s1. The fourth-order valence-electron chi connectivity index (χ4n) is 3.27. The molecule has 2 atom stereocenters. The molecule has 26 heavy (non-hydrogen) atoms. The summed E-state index contributed by atoms with van der Waals surface area (Å²) in [6.45, 7) is 4.36. The first-order valence-corrected chi connectivity index (χ1v) is 9.06. The predicted molar refractivity (Wildman–Crippen MR) is 102 cm³/mol. The van der Waals surface area contributed by atoms with E-state index in [2.05, 4.69) is 10.6 Å². The maximum absolute atomic E-state index is 12.9. The third-order valence-electron chi connectivity index (χ3n) is 4.74. The number of hydrogen-bond acceptors (Lipinski definition) is 3. The van der Waals surface area contributed by atoms with E-state index in [-0.39, 0.29) is 30.3 Å². The summed E-state index contributed by atoms with van der Waals surface area (Å²) < 4.78 is 0. The van der Waals surface area contributed by atoms with Gasteiger partial charge >= 0.3 is 0 Å². The number of amides is 2. The zero-order chi connectivity index (χ0) is 18.4. The minimum atomic E-state index is -0.349. The first-order chi connectivity index (χ1) is 12.6. The van der Waals surface area contributed by atoms with Crippen molar-refractivity contribution < 1.29 is 9.59 Å². The summed E-state index contributed by atoms with van der Waals surface area (Å²) in [6, 6.07) is 18.6. The van der Waals surface area contributed by atoms with Crippen molar-refractivity contribution in [2.24, 2.45) is 0 Å².